The molecule has 0 bridgehead atoms. The van der Waals surface area contributed by atoms with Crippen molar-refractivity contribution in [2.24, 2.45) is 0 Å². The summed E-state index contributed by atoms with van der Waals surface area (Å²) in [5, 5.41) is 20.2. The summed E-state index contributed by atoms with van der Waals surface area (Å²) >= 11 is 0. The molecule has 0 unspecified atom stereocenters. The summed E-state index contributed by atoms with van der Waals surface area (Å²) in [7, 11) is 0. The number of aryl methyl sites for hydroxylation is 1. The molecule has 9 nitrogen and oxygen atoms in total. The summed E-state index contributed by atoms with van der Waals surface area (Å²) in [6, 6.07) is 14.4. The van der Waals surface area contributed by atoms with Gasteiger partial charge < -0.3 is 21.1 Å². The number of aromatic amines is 2. The number of H-pyrrole nitrogens is 2. The van der Waals surface area contributed by atoms with Gasteiger partial charge in [-0.3, -0.25) is 9.89 Å². The minimum Gasteiger partial charge on any atom is -0.481 e. The van der Waals surface area contributed by atoms with Crippen molar-refractivity contribution in [2.75, 3.05) is 11.1 Å². The van der Waals surface area contributed by atoms with Crippen LogP contribution in [0.15, 0.2) is 54.9 Å². The Morgan fingerprint density at radius 1 is 1.13 bits per heavy atom. The van der Waals surface area contributed by atoms with E-state index in [-0.39, 0.29) is 5.95 Å². The second-order valence-corrected chi connectivity index (χ2v) is 7.08. The van der Waals surface area contributed by atoms with Gasteiger partial charge in [-0.15, -0.1) is 0 Å². The molecule has 3 aromatic heterocycles. The lowest BCUT2D eigenvalue weighted by atomic mass is 10.1. The Morgan fingerprint density at radius 2 is 1.94 bits per heavy atom. The Morgan fingerprint density at radius 3 is 2.71 bits per heavy atom. The number of carboxylic acids is 1. The summed E-state index contributed by atoms with van der Waals surface area (Å²) in [6.45, 7) is 3.18. The number of aromatic nitrogens is 5. The predicted molar refractivity (Wildman–Crippen MR) is 121 cm³/mol. The van der Waals surface area contributed by atoms with Gasteiger partial charge in [-0.05, 0) is 43.3 Å². The quantitative estimate of drug-likeness (QED) is 0.296. The normalized spacial score (nSPS) is 10.6. The summed E-state index contributed by atoms with van der Waals surface area (Å²) < 4.78 is 0. The van der Waals surface area contributed by atoms with Crippen LogP contribution in [-0.4, -0.2) is 36.2 Å². The molecule has 0 atom stereocenters. The van der Waals surface area contributed by atoms with Gasteiger partial charge in [0, 0.05) is 46.4 Å². The third-order valence-electron chi connectivity index (χ3n) is 4.56. The van der Waals surface area contributed by atoms with Gasteiger partial charge in [0.25, 0.3) is 5.97 Å². The molecule has 0 spiro atoms. The number of nitrogens with two attached hydrogens (primary N) is 1. The van der Waals surface area contributed by atoms with Gasteiger partial charge in [-0.2, -0.15) is 10.1 Å². The van der Waals surface area contributed by atoms with E-state index in [9.17, 15) is 0 Å². The van der Waals surface area contributed by atoms with Crippen LogP contribution in [0.5, 0.6) is 0 Å². The lowest BCUT2D eigenvalue weighted by molar-refractivity contribution is -0.134. The Labute approximate surface area is 177 Å². The molecule has 6 N–H and O–H groups in total. The number of nitrogens with one attached hydrogen (secondary N) is 3. The molecule has 0 saturated heterocycles. The number of nitrogens with zero attached hydrogens (tertiary/aromatic N) is 3. The van der Waals surface area contributed by atoms with E-state index in [0.29, 0.717) is 5.82 Å². The van der Waals surface area contributed by atoms with Crippen LogP contribution in [0, 0.1) is 6.92 Å². The molecule has 0 radical (unpaired) electrons. The van der Waals surface area contributed by atoms with Crippen molar-refractivity contribution in [3.63, 3.8) is 0 Å². The number of benzene rings is 2. The van der Waals surface area contributed by atoms with E-state index in [0.717, 1.165) is 40.3 Å². The number of anilines is 3. The Bertz CT molecular complexity index is 1380. The molecule has 2 aromatic carbocycles. The molecule has 5 aromatic rings. The van der Waals surface area contributed by atoms with E-state index in [4.69, 9.17) is 15.6 Å². The number of aliphatic carboxylic acids is 1. The first kappa shape index (κ1) is 19.9. The zero-order valence-corrected chi connectivity index (χ0v) is 17.0. The maximum Gasteiger partial charge on any atom is 0.300 e. The third-order valence-corrected chi connectivity index (χ3v) is 4.56. The second-order valence-electron chi connectivity index (χ2n) is 7.08. The molecule has 0 saturated carbocycles. The molecule has 9 heteroatoms. The van der Waals surface area contributed by atoms with E-state index in [1.807, 2.05) is 12.3 Å². The molecule has 0 fully saturated rings. The topological polar surface area (TPSA) is 146 Å². The Hall–Kier alpha value is -4.40. The summed E-state index contributed by atoms with van der Waals surface area (Å²) in [4.78, 5) is 20.6. The van der Waals surface area contributed by atoms with Crippen molar-refractivity contribution in [1.29, 1.82) is 0 Å². The number of carboxylic acid groups (broad SMARTS) is 1. The van der Waals surface area contributed by atoms with Crippen molar-refractivity contribution in [2.45, 2.75) is 13.8 Å². The fourth-order valence-corrected chi connectivity index (χ4v) is 3.33. The Kier molecular flexibility index (Phi) is 5.23. The first-order chi connectivity index (χ1) is 14.9. The van der Waals surface area contributed by atoms with Crippen LogP contribution in [-0.2, 0) is 4.79 Å². The van der Waals surface area contributed by atoms with Crippen molar-refractivity contribution < 1.29 is 9.90 Å². The van der Waals surface area contributed by atoms with Crippen LogP contribution in [0.25, 0.3) is 33.1 Å². The van der Waals surface area contributed by atoms with Crippen LogP contribution >= 0.6 is 0 Å². The smallest absolute Gasteiger partial charge is 0.300 e. The zero-order valence-electron chi connectivity index (χ0n) is 17.0. The molecule has 31 heavy (non-hydrogen) atoms. The van der Waals surface area contributed by atoms with Gasteiger partial charge in [0.05, 0.1) is 11.7 Å². The van der Waals surface area contributed by atoms with Crippen molar-refractivity contribution in [3.8, 4) is 11.3 Å². The Balaban J connectivity index is 0.000000535. The van der Waals surface area contributed by atoms with Crippen LogP contribution in [0.2, 0.25) is 0 Å². The molecule has 0 amide bonds. The lowest BCUT2D eigenvalue weighted by Crippen LogP contribution is -1.99. The fraction of sp³-hybridized carbons (Fsp3) is 0.0909. The van der Waals surface area contributed by atoms with E-state index >= 15 is 0 Å². The highest BCUT2D eigenvalue weighted by atomic mass is 16.4. The van der Waals surface area contributed by atoms with Gasteiger partial charge in [0.15, 0.2) is 0 Å². The maximum absolute atomic E-state index is 9.00. The average molecular weight is 415 g/mol. The van der Waals surface area contributed by atoms with Gasteiger partial charge in [-0.25, -0.2) is 4.98 Å². The molecular weight excluding hydrogens is 394 g/mol. The molecule has 0 aliphatic rings. The summed E-state index contributed by atoms with van der Waals surface area (Å²) in [5.41, 5.74) is 11.9. The standard InChI is InChI=1S/C20H17N7.C2H4O2/c1-11-2-3-16-12(6-11)8-17(25-16)15-9-14(7-13-10-23-27-19(13)15)24-18-4-5-22-20(21)26-18;1-2(3)4/h2-10,25H,1H3,(H,23,27)(H3,21,22,24,26);1H3,(H,3,4). The molecular formula is C22H21N7O2. The average Bonchev–Trinajstić information content (AvgIpc) is 3.33. The fourth-order valence-electron chi connectivity index (χ4n) is 3.33. The summed E-state index contributed by atoms with van der Waals surface area (Å²) in [5.74, 6) is 0.0409. The molecule has 3 heterocycles. The second kappa shape index (κ2) is 8.15. The van der Waals surface area contributed by atoms with Crippen LogP contribution in [0.3, 0.4) is 0 Å². The predicted octanol–water partition coefficient (Wildman–Crippen LogP) is 4.23. The minimum absolute atomic E-state index is 0.232. The zero-order chi connectivity index (χ0) is 22.0. The maximum atomic E-state index is 9.00. The number of carbonyl (C=O) groups is 1. The van der Waals surface area contributed by atoms with Gasteiger partial charge >= 0.3 is 0 Å². The van der Waals surface area contributed by atoms with Crippen molar-refractivity contribution in [1.82, 2.24) is 25.1 Å². The highest BCUT2D eigenvalue weighted by Crippen LogP contribution is 2.33. The van der Waals surface area contributed by atoms with Crippen LogP contribution in [0.4, 0.5) is 17.5 Å². The highest BCUT2D eigenvalue weighted by molar-refractivity contribution is 5.98. The third kappa shape index (κ3) is 4.45. The number of hydrogen-bond acceptors (Lipinski definition) is 6. The van der Waals surface area contributed by atoms with Gasteiger partial charge in [-0.1, -0.05) is 11.6 Å². The molecule has 0 aliphatic heterocycles. The molecule has 5 rings (SSSR count). The van der Waals surface area contributed by atoms with Gasteiger partial charge in [0.2, 0.25) is 5.95 Å². The monoisotopic (exact) mass is 415 g/mol. The largest absolute Gasteiger partial charge is 0.481 e. The first-order valence-corrected chi connectivity index (χ1v) is 9.51. The van der Waals surface area contributed by atoms with Crippen LogP contribution < -0.4 is 11.1 Å². The SMILES string of the molecule is CC(=O)O.Cc1ccc2[nH]c(-c3cc(Nc4ccnc(N)n4)cc4cn[nH]c34)cc2c1. The van der Waals surface area contributed by atoms with E-state index < -0.39 is 5.97 Å². The van der Waals surface area contributed by atoms with E-state index in [1.165, 1.54) is 10.9 Å². The highest BCUT2D eigenvalue weighted by Gasteiger charge is 2.12. The van der Waals surface area contributed by atoms with Crippen molar-refractivity contribution >= 4 is 45.2 Å². The number of hydrogen-bond donors (Lipinski definition) is 5. The number of nitrogen functional groups attached to an aromatic ring is 1. The lowest BCUT2D eigenvalue weighted by Gasteiger charge is -2.09. The summed E-state index contributed by atoms with van der Waals surface area (Å²) in [6.07, 6.45) is 3.44. The molecule has 0 aliphatic carbocycles. The first-order valence-electron chi connectivity index (χ1n) is 9.51. The molecule has 156 valence electrons. The van der Waals surface area contributed by atoms with Crippen LogP contribution in [0.1, 0.15) is 12.5 Å². The number of fused-ring (bicyclic) bond motifs is 2. The van der Waals surface area contributed by atoms with Crippen molar-refractivity contribution in [3.05, 3.63) is 60.4 Å². The van der Waals surface area contributed by atoms with Gasteiger partial charge in [0.1, 0.15) is 5.82 Å². The van der Waals surface area contributed by atoms with E-state index in [2.05, 4.69) is 67.7 Å². The minimum atomic E-state index is -0.833. The number of rotatable bonds is 3. The van der Waals surface area contributed by atoms with E-state index in [1.54, 1.807) is 12.3 Å².